The molecule has 2 fully saturated rings. The topological polar surface area (TPSA) is 81.8 Å². The minimum Gasteiger partial charge on any atom is -0.341 e. The molecule has 2 N–H and O–H groups in total. The molecule has 2 saturated heterocycles. The molecule has 0 bridgehead atoms. The van der Waals surface area contributed by atoms with E-state index < -0.39 is 11.6 Å². The number of fused-ring (bicyclic) bond motifs is 2. The zero-order valence-corrected chi connectivity index (χ0v) is 16.4. The van der Waals surface area contributed by atoms with E-state index in [-0.39, 0.29) is 18.4 Å². The molecule has 1 aromatic carbocycles. The molecule has 0 radical (unpaired) electrons. The van der Waals surface area contributed by atoms with Crippen molar-refractivity contribution in [3.63, 3.8) is 0 Å². The Balaban J connectivity index is 1.40. The van der Waals surface area contributed by atoms with Crippen LogP contribution in [0.4, 0.5) is 4.79 Å². The summed E-state index contributed by atoms with van der Waals surface area (Å²) in [5.41, 5.74) is 0.965. The number of piperidine rings is 1. The van der Waals surface area contributed by atoms with E-state index in [0.29, 0.717) is 25.4 Å². The highest BCUT2D eigenvalue weighted by Gasteiger charge is 2.55. The summed E-state index contributed by atoms with van der Waals surface area (Å²) in [6.45, 7) is 5.22. The number of imide groups is 1. The van der Waals surface area contributed by atoms with Crippen molar-refractivity contribution in [3.05, 3.63) is 35.4 Å². The average molecular weight is 384 g/mol. The monoisotopic (exact) mass is 384 g/mol. The highest BCUT2D eigenvalue weighted by atomic mass is 16.2. The standard InChI is InChI=1S/C21H28N4O3/c1-2-22-13-15-8-11-24(12-9-15)18(26)14-25-19(27)21(23-20(25)28)10-7-16-5-3-4-6-17(16)21/h3-6,15,22H,2,7-14H2,1H3,(H,23,28). The van der Waals surface area contributed by atoms with E-state index in [2.05, 4.69) is 17.6 Å². The Morgan fingerprint density at radius 3 is 2.75 bits per heavy atom. The van der Waals surface area contributed by atoms with Gasteiger partial charge in [0.2, 0.25) is 5.91 Å². The fourth-order valence-corrected chi connectivity index (χ4v) is 4.70. The maximum Gasteiger partial charge on any atom is 0.325 e. The summed E-state index contributed by atoms with van der Waals surface area (Å²) in [7, 11) is 0. The van der Waals surface area contributed by atoms with Crippen LogP contribution in [0.3, 0.4) is 0 Å². The van der Waals surface area contributed by atoms with Crippen LogP contribution in [0.25, 0.3) is 0 Å². The van der Waals surface area contributed by atoms with Crippen molar-refractivity contribution in [2.24, 2.45) is 5.92 Å². The van der Waals surface area contributed by atoms with Gasteiger partial charge >= 0.3 is 6.03 Å². The lowest BCUT2D eigenvalue weighted by molar-refractivity contribution is -0.140. The highest BCUT2D eigenvalue weighted by Crippen LogP contribution is 2.41. The van der Waals surface area contributed by atoms with Gasteiger partial charge in [-0.05, 0) is 55.8 Å². The number of benzene rings is 1. The van der Waals surface area contributed by atoms with Crippen LogP contribution in [0.2, 0.25) is 0 Å². The van der Waals surface area contributed by atoms with Crippen LogP contribution in [-0.4, -0.2) is 60.4 Å². The average Bonchev–Trinajstić information content (AvgIpc) is 3.20. The highest BCUT2D eigenvalue weighted by molar-refractivity contribution is 6.09. The molecule has 7 heteroatoms. The molecule has 0 saturated carbocycles. The summed E-state index contributed by atoms with van der Waals surface area (Å²) >= 11 is 0. The number of carbonyl (C=O) groups is 3. The van der Waals surface area contributed by atoms with Gasteiger partial charge in [-0.1, -0.05) is 31.2 Å². The van der Waals surface area contributed by atoms with Crippen LogP contribution in [0.15, 0.2) is 24.3 Å². The van der Waals surface area contributed by atoms with Crippen molar-refractivity contribution in [2.45, 2.75) is 38.1 Å². The quantitative estimate of drug-likeness (QED) is 0.748. The summed E-state index contributed by atoms with van der Waals surface area (Å²) in [5.74, 6) is 0.144. The predicted molar refractivity (Wildman–Crippen MR) is 105 cm³/mol. The van der Waals surface area contributed by atoms with Gasteiger partial charge in [-0.2, -0.15) is 0 Å². The van der Waals surface area contributed by atoms with Gasteiger partial charge in [-0.25, -0.2) is 4.79 Å². The fraction of sp³-hybridized carbons (Fsp3) is 0.571. The number of amides is 4. The second kappa shape index (κ2) is 7.54. The molecule has 4 rings (SSSR count). The number of rotatable bonds is 5. The van der Waals surface area contributed by atoms with Gasteiger partial charge < -0.3 is 15.5 Å². The molecule has 7 nitrogen and oxygen atoms in total. The first-order valence-electron chi connectivity index (χ1n) is 10.3. The van der Waals surface area contributed by atoms with Gasteiger partial charge in [0, 0.05) is 13.1 Å². The van der Waals surface area contributed by atoms with Gasteiger partial charge in [0.05, 0.1) is 0 Å². The normalized spacial score (nSPS) is 24.8. The Labute approximate surface area is 165 Å². The predicted octanol–water partition coefficient (Wildman–Crippen LogP) is 1.23. The van der Waals surface area contributed by atoms with Crippen molar-refractivity contribution >= 4 is 17.8 Å². The lowest BCUT2D eigenvalue weighted by Gasteiger charge is -2.33. The van der Waals surface area contributed by atoms with E-state index in [9.17, 15) is 14.4 Å². The minimum atomic E-state index is -0.993. The van der Waals surface area contributed by atoms with Crippen LogP contribution in [0.1, 0.15) is 37.3 Å². The summed E-state index contributed by atoms with van der Waals surface area (Å²) in [6.07, 6.45) is 3.22. The Hall–Kier alpha value is -2.41. The minimum absolute atomic E-state index is 0.145. The molecule has 2 heterocycles. The number of urea groups is 1. The van der Waals surface area contributed by atoms with Gasteiger partial charge in [-0.15, -0.1) is 0 Å². The van der Waals surface area contributed by atoms with E-state index in [1.54, 1.807) is 4.90 Å². The molecule has 1 spiro atoms. The van der Waals surface area contributed by atoms with Gasteiger partial charge in [0.1, 0.15) is 12.1 Å². The van der Waals surface area contributed by atoms with Crippen LogP contribution >= 0.6 is 0 Å². The van der Waals surface area contributed by atoms with Crippen LogP contribution in [0.5, 0.6) is 0 Å². The van der Waals surface area contributed by atoms with E-state index in [1.807, 2.05) is 24.3 Å². The van der Waals surface area contributed by atoms with Crippen LogP contribution in [0, 0.1) is 5.92 Å². The van der Waals surface area contributed by atoms with Crippen LogP contribution in [-0.2, 0) is 21.5 Å². The molecule has 28 heavy (non-hydrogen) atoms. The molecule has 1 aliphatic carbocycles. The number of hydrogen-bond acceptors (Lipinski definition) is 4. The number of nitrogens with one attached hydrogen (secondary N) is 2. The number of hydrogen-bond donors (Lipinski definition) is 2. The molecule has 2 aliphatic heterocycles. The third-order valence-corrected chi connectivity index (χ3v) is 6.37. The lowest BCUT2D eigenvalue weighted by atomic mass is 9.92. The number of carbonyl (C=O) groups excluding carboxylic acids is 3. The van der Waals surface area contributed by atoms with Crippen molar-refractivity contribution < 1.29 is 14.4 Å². The Kier molecular flexibility index (Phi) is 5.10. The number of nitrogens with zero attached hydrogens (tertiary/aromatic N) is 2. The first kappa shape index (κ1) is 18.9. The van der Waals surface area contributed by atoms with Crippen LogP contribution < -0.4 is 10.6 Å². The third kappa shape index (κ3) is 3.17. The van der Waals surface area contributed by atoms with Crippen molar-refractivity contribution in [1.82, 2.24) is 20.4 Å². The molecule has 150 valence electrons. The molecular weight excluding hydrogens is 356 g/mol. The van der Waals surface area contributed by atoms with Crippen molar-refractivity contribution in [1.29, 1.82) is 0 Å². The number of aryl methyl sites for hydroxylation is 1. The van der Waals surface area contributed by atoms with Gasteiger partial charge in [-0.3, -0.25) is 14.5 Å². The maximum absolute atomic E-state index is 13.2. The summed E-state index contributed by atoms with van der Waals surface area (Å²) in [4.78, 5) is 41.4. The fourth-order valence-electron chi connectivity index (χ4n) is 4.70. The Bertz CT molecular complexity index is 788. The molecule has 1 atom stereocenters. The summed E-state index contributed by atoms with van der Waals surface area (Å²) < 4.78 is 0. The van der Waals surface area contributed by atoms with Gasteiger partial charge in [0.25, 0.3) is 5.91 Å². The summed E-state index contributed by atoms with van der Waals surface area (Å²) in [5, 5.41) is 6.24. The van der Waals surface area contributed by atoms with Crippen molar-refractivity contribution in [2.75, 3.05) is 32.7 Å². The maximum atomic E-state index is 13.2. The Morgan fingerprint density at radius 2 is 2.00 bits per heavy atom. The van der Waals surface area contributed by atoms with E-state index >= 15 is 0 Å². The molecule has 0 aromatic heterocycles. The number of likely N-dealkylation sites (tertiary alicyclic amines) is 1. The van der Waals surface area contributed by atoms with E-state index in [1.165, 1.54) is 0 Å². The second-order valence-corrected chi connectivity index (χ2v) is 8.02. The SMILES string of the molecule is CCNCC1CCN(C(=O)CN2C(=O)NC3(CCc4ccccc43)C2=O)CC1. The second-order valence-electron chi connectivity index (χ2n) is 8.02. The zero-order chi connectivity index (χ0) is 19.7. The first-order valence-corrected chi connectivity index (χ1v) is 10.3. The first-order chi connectivity index (χ1) is 13.5. The molecule has 1 aromatic rings. The zero-order valence-electron chi connectivity index (χ0n) is 16.4. The molecule has 4 amide bonds. The largest absolute Gasteiger partial charge is 0.341 e. The third-order valence-electron chi connectivity index (χ3n) is 6.37. The Morgan fingerprint density at radius 1 is 1.25 bits per heavy atom. The molecule has 1 unspecified atom stereocenters. The molecular formula is C21H28N4O3. The van der Waals surface area contributed by atoms with E-state index in [0.717, 1.165) is 48.4 Å². The van der Waals surface area contributed by atoms with E-state index in [4.69, 9.17) is 0 Å². The van der Waals surface area contributed by atoms with Gasteiger partial charge in [0.15, 0.2) is 0 Å². The molecule has 3 aliphatic rings. The smallest absolute Gasteiger partial charge is 0.325 e. The summed E-state index contributed by atoms with van der Waals surface area (Å²) in [6, 6.07) is 7.27. The lowest BCUT2D eigenvalue weighted by Crippen LogP contribution is -2.47. The van der Waals surface area contributed by atoms with Crippen molar-refractivity contribution in [3.8, 4) is 0 Å².